The third-order valence-corrected chi connectivity index (χ3v) is 3.62. The number of esters is 3. The number of hydrogen-bond acceptors (Lipinski definition) is 8. The number of ether oxygens (including phenoxy) is 4. The fourth-order valence-electron chi connectivity index (χ4n) is 2.79. The summed E-state index contributed by atoms with van der Waals surface area (Å²) in [6.45, 7) is 8.38. The lowest BCUT2D eigenvalue weighted by Gasteiger charge is -2.45. The molecule has 1 heterocycles. The van der Waals surface area contributed by atoms with Crippen LogP contribution in [0.1, 0.15) is 34.1 Å². The first-order valence-corrected chi connectivity index (χ1v) is 8.17. The minimum atomic E-state index is -1.06. The molecule has 1 aliphatic heterocycles. The quantitative estimate of drug-likeness (QED) is 0.385. The minimum Gasteiger partial charge on any atom is -0.463 e. The second-order valence-electron chi connectivity index (χ2n) is 5.91. The van der Waals surface area contributed by atoms with E-state index in [2.05, 4.69) is 11.9 Å². The van der Waals surface area contributed by atoms with E-state index >= 15 is 0 Å². The predicted molar refractivity (Wildman–Crippen MR) is 88.8 cm³/mol. The second-order valence-corrected chi connectivity index (χ2v) is 5.91. The lowest BCUT2D eigenvalue weighted by molar-refractivity contribution is -0.223. The van der Waals surface area contributed by atoms with Gasteiger partial charge < -0.3 is 24.3 Å². The standard InChI is InChI=1S/C17H25NO8/c1-6-7-13-15(18-9(2)19)17(25-12(5)22)16(24-11(4)21)14(26-13)8-23-10(3)20/h6,13-17H,1,7-8H2,2-5H3,(H,18,19)/t13-,14-,15+,16+,17-/m1/s1. The van der Waals surface area contributed by atoms with Gasteiger partial charge in [0, 0.05) is 27.7 Å². The number of rotatable bonds is 7. The van der Waals surface area contributed by atoms with Gasteiger partial charge in [0.2, 0.25) is 5.91 Å². The molecular formula is C17H25NO8. The van der Waals surface area contributed by atoms with Crippen molar-refractivity contribution in [2.24, 2.45) is 0 Å². The Morgan fingerprint density at radius 2 is 1.54 bits per heavy atom. The molecule has 0 radical (unpaired) electrons. The van der Waals surface area contributed by atoms with E-state index in [9.17, 15) is 19.2 Å². The number of carbonyl (C=O) groups is 4. The summed E-state index contributed by atoms with van der Waals surface area (Å²) in [5.74, 6) is -2.16. The molecule has 146 valence electrons. The van der Waals surface area contributed by atoms with Crippen molar-refractivity contribution in [1.29, 1.82) is 0 Å². The average molecular weight is 371 g/mol. The van der Waals surface area contributed by atoms with E-state index in [1.54, 1.807) is 6.08 Å². The van der Waals surface area contributed by atoms with Gasteiger partial charge in [-0.1, -0.05) is 6.08 Å². The Balaban J connectivity index is 3.24. The van der Waals surface area contributed by atoms with Crippen molar-refractivity contribution in [3.05, 3.63) is 12.7 Å². The summed E-state index contributed by atoms with van der Waals surface area (Å²) in [5.41, 5.74) is 0. The summed E-state index contributed by atoms with van der Waals surface area (Å²) < 4.78 is 21.5. The lowest BCUT2D eigenvalue weighted by Crippen LogP contribution is -2.66. The van der Waals surface area contributed by atoms with E-state index < -0.39 is 48.4 Å². The highest BCUT2D eigenvalue weighted by Gasteiger charge is 2.50. The smallest absolute Gasteiger partial charge is 0.303 e. The van der Waals surface area contributed by atoms with Gasteiger partial charge in [-0.2, -0.15) is 0 Å². The normalized spacial score (nSPS) is 27.8. The Kier molecular flexibility index (Phi) is 8.24. The zero-order valence-corrected chi connectivity index (χ0v) is 15.4. The fraction of sp³-hybridized carbons (Fsp3) is 0.647. The van der Waals surface area contributed by atoms with E-state index in [-0.39, 0.29) is 12.5 Å². The van der Waals surface area contributed by atoms with Crippen LogP contribution in [0.25, 0.3) is 0 Å². The van der Waals surface area contributed by atoms with Gasteiger partial charge in [0.15, 0.2) is 12.2 Å². The fourth-order valence-corrected chi connectivity index (χ4v) is 2.79. The third-order valence-electron chi connectivity index (χ3n) is 3.62. The number of amides is 1. The minimum absolute atomic E-state index is 0.203. The number of hydrogen-bond donors (Lipinski definition) is 1. The molecule has 0 saturated carbocycles. The van der Waals surface area contributed by atoms with Crippen molar-refractivity contribution < 1.29 is 38.1 Å². The van der Waals surface area contributed by atoms with Crippen molar-refractivity contribution >= 4 is 23.8 Å². The van der Waals surface area contributed by atoms with E-state index in [1.807, 2.05) is 0 Å². The molecule has 1 aliphatic rings. The van der Waals surface area contributed by atoms with Crippen LogP contribution in [0.5, 0.6) is 0 Å². The van der Waals surface area contributed by atoms with E-state index in [0.717, 1.165) is 0 Å². The molecule has 1 saturated heterocycles. The van der Waals surface area contributed by atoms with Crippen LogP contribution in [-0.4, -0.2) is 60.9 Å². The van der Waals surface area contributed by atoms with Crippen LogP contribution in [0.3, 0.4) is 0 Å². The molecule has 0 bridgehead atoms. The molecule has 1 N–H and O–H groups in total. The molecule has 5 atom stereocenters. The molecule has 0 aromatic heterocycles. The van der Waals surface area contributed by atoms with Gasteiger partial charge in [-0.25, -0.2) is 0 Å². The van der Waals surface area contributed by atoms with Gasteiger partial charge in [-0.3, -0.25) is 19.2 Å². The van der Waals surface area contributed by atoms with Crippen molar-refractivity contribution in [3.63, 3.8) is 0 Å². The third kappa shape index (κ3) is 6.47. The van der Waals surface area contributed by atoms with Gasteiger partial charge in [-0.05, 0) is 6.42 Å². The van der Waals surface area contributed by atoms with Crippen LogP contribution < -0.4 is 5.32 Å². The van der Waals surface area contributed by atoms with Crippen molar-refractivity contribution in [1.82, 2.24) is 5.32 Å². The van der Waals surface area contributed by atoms with E-state index in [4.69, 9.17) is 18.9 Å². The maximum atomic E-state index is 11.6. The van der Waals surface area contributed by atoms with Gasteiger partial charge >= 0.3 is 17.9 Å². The molecule has 26 heavy (non-hydrogen) atoms. The zero-order valence-electron chi connectivity index (χ0n) is 15.4. The molecule has 0 unspecified atom stereocenters. The van der Waals surface area contributed by atoms with Crippen molar-refractivity contribution in [2.75, 3.05) is 6.61 Å². The highest BCUT2D eigenvalue weighted by atomic mass is 16.6. The van der Waals surface area contributed by atoms with Crippen molar-refractivity contribution in [3.8, 4) is 0 Å². The SMILES string of the molecule is C=CC[C@H]1O[C@H](COC(C)=O)[C@H](OC(C)=O)[C@H](OC(C)=O)[C@H]1NC(C)=O. The summed E-state index contributed by atoms with van der Waals surface area (Å²) in [6.07, 6.45) is -1.66. The number of carbonyl (C=O) groups excluding carboxylic acids is 4. The maximum absolute atomic E-state index is 11.6. The molecule has 0 spiro atoms. The summed E-state index contributed by atoms with van der Waals surface area (Å²) in [5, 5.41) is 2.67. The molecule has 0 aliphatic carbocycles. The average Bonchev–Trinajstić information content (AvgIpc) is 2.50. The highest BCUT2D eigenvalue weighted by Crippen LogP contribution is 2.28. The summed E-state index contributed by atoms with van der Waals surface area (Å²) in [4.78, 5) is 45.9. The molecule has 9 heteroatoms. The van der Waals surface area contributed by atoms with Crippen LogP contribution in [0.15, 0.2) is 12.7 Å². The topological polar surface area (TPSA) is 117 Å². The second kappa shape index (κ2) is 9.91. The molecule has 0 aromatic carbocycles. The highest BCUT2D eigenvalue weighted by molar-refractivity contribution is 5.73. The summed E-state index contributed by atoms with van der Waals surface area (Å²) in [7, 11) is 0. The number of nitrogens with one attached hydrogen (secondary N) is 1. The van der Waals surface area contributed by atoms with E-state index in [0.29, 0.717) is 6.42 Å². The monoisotopic (exact) mass is 371 g/mol. The summed E-state index contributed by atoms with van der Waals surface area (Å²) in [6, 6.07) is -0.771. The Morgan fingerprint density at radius 1 is 0.962 bits per heavy atom. The largest absolute Gasteiger partial charge is 0.463 e. The molecule has 9 nitrogen and oxygen atoms in total. The first kappa shape index (κ1) is 21.6. The van der Waals surface area contributed by atoms with Crippen LogP contribution in [-0.2, 0) is 38.1 Å². The molecule has 0 aromatic rings. The Morgan fingerprint density at radius 3 is 2.00 bits per heavy atom. The Labute approximate surface area is 152 Å². The van der Waals surface area contributed by atoms with Gasteiger partial charge in [-0.15, -0.1) is 6.58 Å². The zero-order chi connectivity index (χ0) is 19.9. The van der Waals surface area contributed by atoms with Crippen LogP contribution in [0, 0.1) is 0 Å². The Bertz CT molecular complexity index is 561. The van der Waals surface area contributed by atoms with Crippen molar-refractivity contribution in [2.45, 2.75) is 64.6 Å². The van der Waals surface area contributed by atoms with Crippen LogP contribution in [0.4, 0.5) is 0 Å². The van der Waals surface area contributed by atoms with Crippen LogP contribution in [0.2, 0.25) is 0 Å². The molecule has 1 fully saturated rings. The molecule has 1 rings (SSSR count). The Hall–Kier alpha value is -2.42. The van der Waals surface area contributed by atoms with Crippen LogP contribution >= 0.6 is 0 Å². The molecule has 1 amide bonds. The van der Waals surface area contributed by atoms with Gasteiger partial charge in [0.05, 0.1) is 12.1 Å². The first-order valence-electron chi connectivity index (χ1n) is 8.17. The first-order chi connectivity index (χ1) is 12.1. The van der Waals surface area contributed by atoms with Gasteiger partial charge in [0.25, 0.3) is 0 Å². The van der Waals surface area contributed by atoms with Gasteiger partial charge in [0.1, 0.15) is 12.7 Å². The summed E-state index contributed by atoms with van der Waals surface area (Å²) >= 11 is 0. The lowest BCUT2D eigenvalue weighted by atomic mass is 9.90. The maximum Gasteiger partial charge on any atom is 0.303 e. The predicted octanol–water partition coefficient (Wildman–Crippen LogP) is 0.261. The van der Waals surface area contributed by atoms with E-state index in [1.165, 1.54) is 27.7 Å². The molecular weight excluding hydrogens is 346 g/mol.